The molecule has 5 heteroatoms. The number of piperidine rings is 1. The van der Waals surface area contributed by atoms with Gasteiger partial charge in [-0.1, -0.05) is 0 Å². The Morgan fingerprint density at radius 2 is 2.00 bits per heavy atom. The lowest BCUT2D eigenvalue weighted by Gasteiger charge is -2.35. The topological polar surface area (TPSA) is 35.5 Å². The number of rotatable bonds is 4. The van der Waals surface area contributed by atoms with Crippen molar-refractivity contribution in [1.29, 1.82) is 0 Å². The molecular formula is C9H18F2N2O. The Morgan fingerprint density at radius 3 is 2.50 bits per heavy atom. The van der Waals surface area contributed by atoms with Gasteiger partial charge in [-0.25, -0.2) is 8.78 Å². The van der Waals surface area contributed by atoms with E-state index in [9.17, 15) is 13.9 Å². The number of alkyl halides is 2. The van der Waals surface area contributed by atoms with Gasteiger partial charge in [-0.05, 0) is 33.0 Å². The summed E-state index contributed by atoms with van der Waals surface area (Å²) in [5.74, 6) is 0. The SMILES string of the molecule is CN(CC(F)F)CC1(O)CCNCC1. The summed E-state index contributed by atoms with van der Waals surface area (Å²) in [4.78, 5) is 1.50. The van der Waals surface area contributed by atoms with Gasteiger partial charge in [0, 0.05) is 6.54 Å². The lowest BCUT2D eigenvalue weighted by atomic mass is 9.92. The van der Waals surface area contributed by atoms with Crippen LogP contribution in [0.3, 0.4) is 0 Å². The van der Waals surface area contributed by atoms with Gasteiger partial charge >= 0.3 is 0 Å². The first-order valence-corrected chi connectivity index (χ1v) is 4.92. The minimum Gasteiger partial charge on any atom is -0.388 e. The minimum absolute atomic E-state index is 0.268. The first-order chi connectivity index (χ1) is 6.52. The van der Waals surface area contributed by atoms with E-state index in [-0.39, 0.29) is 6.54 Å². The molecule has 2 N–H and O–H groups in total. The van der Waals surface area contributed by atoms with Crippen molar-refractivity contribution < 1.29 is 13.9 Å². The third-order valence-electron chi connectivity index (χ3n) is 2.55. The molecular weight excluding hydrogens is 190 g/mol. The Hall–Kier alpha value is -0.260. The molecule has 1 aliphatic heterocycles. The number of halogens is 2. The minimum atomic E-state index is -2.33. The molecule has 0 bridgehead atoms. The van der Waals surface area contributed by atoms with E-state index in [0.29, 0.717) is 19.4 Å². The van der Waals surface area contributed by atoms with Crippen molar-refractivity contribution in [1.82, 2.24) is 10.2 Å². The summed E-state index contributed by atoms with van der Waals surface area (Å²) in [7, 11) is 1.62. The first-order valence-electron chi connectivity index (χ1n) is 4.92. The predicted octanol–water partition coefficient (Wildman–Crippen LogP) is 0.298. The zero-order chi connectivity index (χ0) is 10.6. The second-order valence-electron chi connectivity index (χ2n) is 4.06. The first kappa shape index (κ1) is 11.8. The zero-order valence-electron chi connectivity index (χ0n) is 8.47. The summed E-state index contributed by atoms with van der Waals surface area (Å²) in [6.45, 7) is 1.59. The average Bonchev–Trinajstić information content (AvgIpc) is 2.02. The highest BCUT2D eigenvalue weighted by Gasteiger charge is 2.30. The molecule has 0 aromatic rings. The molecule has 1 heterocycles. The number of hydrogen-bond donors (Lipinski definition) is 2. The number of likely N-dealkylation sites (N-methyl/N-ethyl adjacent to an activating group) is 1. The monoisotopic (exact) mass is 208 g/mol. The highest BCUT2D eigenvalue weighted by atomic mass is 19.3. The lowest BCUT2D eigenvalue weighted by molar-refractivity contribution is -0.0256. The lowest BCUT2D eigenvalue weighted by Crippen LogP contribution is -2.49. The largest absolute Gasteiger partial charge is 0.388 e. The van der Waals surface area contributed by atoms with Crippen LogP contribution in [0.25, 0.3) is 0 Å². The van der Waals surface area contributed by atoms with Crippen molar-refractivity contribution in [3.05, 3.63) is 0 Å². The summed E-state index contributed by atoms with van der Waals surface area (Å²) in [5, 5.41) is 13.2. The Bertz CT molecular complexity index is 172. The molecule has 0 aromatic heterocycles. The van der Waals surface area contributed by atoms with Crippen molar-refractivity contribution in [3.63, 3.8) is 0 Å². The standard InChI is InChI=1S/C9H18F2N2O/c1-13(6-8(10)11)7-9(14)2-4-12-5-3-9/h8,12,14H,2-7H2,1H3. The third kappa shape index (κ3) is 3.86. The van der Waals surface area contributed by atoms with E-state index >= 15 is 0 Å². The van der Waals surface area contributed by atoms with Gasteiger partial charge in [0.1, 0.15) is 0 Å². The van der Waals surface area contributed by atoms with E-state index in [1.807, 2.05) is 0 Å². The van der Waals surface area contributed by atoms with Gasteiger partial charge in [0.2, 0.25) is 0 Å². The van der Waals surface area contributed by atoms with Gasteiger partial charge in [-0.2, -0.15) is 0 Å². The molecule has 1 saturated heterocycles. The zero-order valence-corrected chi connectivity index (χ0v) is 8.47. The predicted molar refractivity (Wildman–Crippen MR) is 50.6 cm³/mol. The van der Waals surface area contributed by atoms with Crippen LogP contribution in [0.4, 0.5) is 8.78 Å². The van der Waals surface area contributed by atoms with E-state index in [4.69, 9.17) is 0 Å². The van der Waals surface area contributed by atoms with Gasteiger partial charge in [0.05, 0.1) is 12.1 Å². The van der Waals surface area contributed by atoms with E-state index in [0.717, 1.165) is 13.1 Å². The van der Waals surface area contributed by atoms with E-state index < -0.39 is 12.0 Å². The average molecular weight is 208 g/mol. The molecule has 1 fully saturated rings. The summed E-state index contributed by atoms with van der Waals surface area (Å²) in [5.41, 5.74) is -0.783. The van der Waals surface area contributed by atoms with Crippen molar-refractivity contribution in [2.45, 2.75) is 24.9 Å². The van der Waals surface area contributed by atoms with Crippen LogP contribution >= 0.6 is 0 Å². The van der Waals surface area contributed by atoms with Crippen LogP contribution in [-0.4, -0.2) is 55.3 Å². The quantitative estimate of drug-likeness (QED) is 0.697. The molecule has 0 amide bonds. The van der Waals surface area contributed by atoms with Crippen LogP contribution in [0.15, 0.2) is 0 Å². The fourth-order valence-electron chi connectivity index (χ4n) is 1.85. The summed E-state index contributed by atoms with van der Waals surface area (Å²) >= 11 is 0. The summed E-state index contributed by atoms with van der Waals surface area (Å²) in [6, 6.07) is 0. The number of nitrogens with one attached hydrogen (secondary N) is 1. The third-order valence-corrected chi connectivity index (χ3v) is 2.55. The Kier molecular flexibility index (Phi) is 4.22. The van der Waals surface area contributed by atoms with Gasteiger partial charge in [0.15, 0.2) is 0 Å². The van der Waals surface area contributed by atoms with Crippen LogP contribution < -0.4 is 5.32 Å². The van der Waals surface area contributed by atoms with Crippen molar-refractivity contribution >= 4 is 0 Å². The van der Waals surface area contributed by atoms with E-state index in [1.54, 1.807) is 7.05 Å². The Balaban J connectivity index is 2.33. The Morgan fingerprint density at radius 1 is 1.43 bits per heavy atom. The summed E-state index contributed by atoms with van der Waals surface area (Å²) in [6.07, 6.45) is -1.05. The van der Waals surface area contributed by atoms with Crippen molar-refractivity contribution in [2.75, 3.05) is 33.2 Å². The fourth-order valence-corrected chi connectivity index (χ4v) is 1.85. The molecule has 14 heavy (non-hydrogen) atoms. The highest BCUT2D eigenvalue weighted by Crippen LogP contribution is 2.19. The van der Waals surface area contributed by atoms with E-state index in [1.165, 1.54) is 4.90 Å². The van der Waals surface area contributed by atoms with Crippen LogP contribution in [0.1, 0.15) is 12.8 Å². The molecule has 0 aromatic carbocycles. The van der Waals surface area contributed by atoms with Crippen LogP contribution in [0.2, 0.25) is 0 Å². The number of aliphatic hydroxyl groups is 1. The van der Waals surface area contributed by atoms with E-state index in [2.05, 4.69) is 5.32 Å². The molecule has 0 aliphatic carbocycles. The Labute approximate surface area is 83.1 Å². The van der Waals surface area contributed by atoms with Crippen molar-refractivity contribution in [3.8, 4) is 0 Å². The second kappa shape index (κ2) is 5.00. The molecule has 0 spiro atoms. The molecule has 84 valence electrons. The maximum absolute atomic E-state index is 12.0. The number of hydrogen-bond acceptors (Lipinski definition) is 3. The van der Waals surface area contributed by atoms with Gasteiger partial charge in [-0.3, -0.25) is 4.90 Å². The molecule has 0 saturated carbocycles. The van der Waals surface area contributed by atoms with Gasteiger partial charge in [0.25, 0.3) is 6.43 Å². The molecule has 3 nitrogen and oxygen atoms in total. The smallest absolute Gasteiger partial charge is 0.251 e. The van der Waals surface area contributed by atoms with Crippen LogP contribution in [0.5, 0.6) is 0 Å². The normalized spacial score (nSPS) is 21.9. The summed E-state index contributed by atoms with van der Waals surface area (Å²) < 4.78 is 24.1. The highest BCUT2D eigenvalue weighted by molar-refractivity contribution is 4.86. The number of nitrogens with zero attached hydrogens (tertiary/aromatic N) is 1. The van der Waals surface area contributed by atoms with Crippen molar-refractivity contribution in [2.24, 2.45) is 0 Å². The molecule has 0 radical (unpaired) electrons. The molecule has 1 aliphatic rings. The molecule has 0 atom stereocenters. The van der Waals surface area contributed by atoms with Crippen LogP contribution in [0, 0.1) is 0 Å². The molecule has 0 unspecified atom stereocenters. The second-order valence-corrected chi connectivity index (χ2v) is 4.06. The van der Waals surface area contributed by atoms with Gasteiger partial charge in [-0.15, -0.1) is 0 Å². The fraction of sp³-hybridized carbons (Fsp3) is 1.00. The maximum atomic E-state index is 12.0. The van der Waals surface area contributed by atoms with Crippen LogP contribution in [-0.2, 0) is 0 Å². The maximum Gasteiger partial charge on any atom is 0.251 e. The molecule has 1 rings (SSSR count). The van der Waals surface area contributed by atoms with Gasteiger partial charge < -0.3 is 10.4 Å².